The summed E-state index contributed by atoms with van der Waals surface area (Å²) in [6.07, 6.45) is 1.74. The van der Waals surface area contributed by atoms with Gasteiger partial charge in [0.2, 0.25) is 0 Å². The maximum atomic E-state index is 5.47. The zero-order valence-electron chi connectivity index (χ0n) is 5.85. The molecule has 1 nitrogen and oxygen atoms in total. The summed E-state index contributed by atoms with van der Waals surface area (Å²) in [6.45, 7) is 4.38. The van der Waals surface area contributed by atoms with Crippen molar-refractivity contribution in [2.75, 3.05) is 0 Å². The van der Waals surface area contributed by atoms with Crippen molar-refractivity contribution in [3.8, 4) is 0 Å². The Morgan fingerprint density at radius 2 is 2.12 bits per heavy atom. The molecular formula is C6H13BO. The minimum absolute atomic E-state index is 0.491. The molecule has 0 spiro atoms. The van der Waals surface area contributed by atoms with Crippen LogP contribution in [-0.2, 0) is 4.74 Å². The lowest BCUT2D eigenvalue weighted by molar-refractivity contribution is 0.0948. The molecule has 3 atom stereocenters. The molecule has 1 aliphatic rings. The van der Waals surface area contributed by atoms with Crippen LogP contribution in [0.15, 0.2) is 0 Å². The van der Waals surface area contributed by atoms with Crippen molar-refractivity contribution in [3.05, 3.63) is 0 Å². The standard InChI is InChI=1S/C6H13BO/c1-4-3-5(2)8-6(4)7/h4-6H,3,7H2,1-2H3/t4-,5+,6+/m0/s1. The molecule has 0 bridgehead atoms. The van der Waals surface area contributed by atoms with Crippen LogP contribution in [0.3, 0.4) is 0 Å². The maximum Gasteiger partial charge on any atom is 0.139 e. The Bertz CT molecular complexity index is 74.6. The topological polar surface area (TPSA) is 9.23 Å². The Kier molecular flexibility index (Phi) is 1.61. The van der Waals surface area contributed by atoms with Crippen molar-refractivity contribution >= 4 is 7.85 Å². The molecular weight excluding hydrogens is 98.9 g/mol. The summed E-state index contributed by atoms with van der Waals surface area (Å²) in [4.78, 5) is 0. The molecule has 1 heterocycles. The van der Waals surface area contributed by atoms with E-state index in [9.17, 15) is 0 Å². The predicted octanol–water partition coefficient (Wildman–Crippen LogP) is 0.390. The molecule has 1 fully saturated rings. The fourth-order valence-electron chi connectivity index (χ4n) is 1.27. The number of hydrogen-bond acceptors (Lipinski definition) is 1. The highest BCUT2D eigenvalue weighted by Crippen LogP contribution is 2.22. The van der Waals surface area contributed by atoms with Crippen LogP contribution in [0.4, 0.5) is 0 Å². The largest absolute Gasteiger partial charge is 0.384 e. The van der Waals surface area contributed by atoms with Gasteiger partial charge in [0, 0.05) is 6.00 Å². The summed E-state index contributed by atoms with van der Waals surface area (Å²) in [5, 5.41) is 0. The van der Waals surface area contributed by atoms with Crippen molar-refractivity contribution < 1.29 is 4.74 Å². The van der Waals surface area contributed by atoms with Gasteiger partial charge in [-0.3, -0.25) is 0 Å². The zero-order valence-corrected chi connectivity index (χ0v) is 5.85. The lowest BCUT2D eigenvalue weighted by Gasteiger charge is -2.05. The average Bonchev–Trinajstić information content (AvgIpc) is 1.85. The molecule has 0 aliphatic carbocycles. The molecule has 1 rings (SSSR count). The quantitative estimate of drug-likeness (QED) is 0.412. The monoisotopic (exact) mass is 112 g/mol. The summed E-state index contributed by atoms with van der Waals surface area (Å²) in [7, 11) is 2.15. The first kappa shape index (κ1) is 6.15. The van der Waals surface area contributed by atoms with Crippen LogP contribution >= 0.6 is 0 Å². The van der Waals surface area contributed by atoms with Gasteiger partial charge >= 0.3 is 0 Å². The van der Waals surface area contributed by atoms with Crippen molar-refractivity contribution in [1.29, 1.82) is 0 Å². The van der Waals surface area contributed by atoms with Crippen LogP contribution in [-0.4, -0.2) is 20.0 Å². The van der Waals surface area contributed by atoms with E-state index >= 15 is 0 Å². The Hall–Kier alpha value is 0.0249. The summed E-state index contributed by atoms with van der Waals surface area (Å²) < 4.78 is 5.47. The molecule has 0 radical (unpaired) electrons. The van der Waals surface area contributed by atoms with Gasteiger partial charge in [-0.1, -0.05) is 6.92 Å². The molecule has 0 N–H and O–H groups in total. The van der Waals surface area contributed by atoms with Crippen molar-refractivity contribution in [2.45, 2.75) is 32.4 Å². The zero-order chi connectivity index (χ0) is 6.15. The van der Waals surface area contributed by atoms with E-state index in [0.29, 0.717) is 12.1 Å². The third-order valence-electron chi connectivity index (χ3n) is 1.95. The van der Waals surface area contributed by atoms with E-state index in [-0.39, 0.29) is 0 Å². The van der Waals surface area contributed by atoms with Crippen molar-refractivity contribution in [3.63, 3.8) is 0 Å². The van der Waals surface area contributed by atoms with Crippen LogP contribution in [0, 0.1) is 5.92 Å². The second-order valence-corrected chi connectivity index (χ2v) is 2.86. The van der Waals surface area contributed by atoms with E-state index in [1.807, 2.05) is 0 Å². The Labute approximate surface area is 51.8 Å². The first-order valence-corrected chi connectivity index (χ1v) is 3.35. The first-order valence-electron chi connectivity index (χ1n) is 3.35. The Morgan fingerprint density at radius 3 is 2.25 bits per heavy atom. The average molecular weight is 112 g/mol. The molecule has 1 aliphatic heterocycles. The first-order chi connectivity index (χ1) is 3.70. The molecule has 1 saturated heterocycles. The van der Waals surface area contributed by atoms with Crippen LogP contribution in [0.1, 0.15) is 20.3 Å². The van der Waals surface area contributed by atoms with Gasteiger partial charge in [-0.2, -0.15) is 0 Å². The predicted molar refractivity (Wildman–Crippen MR) is 36.7 cm³/mol. The van der Waals surface area contributed by atoms with E-state index in [0.717, 1.165) is 5.92 Å². The summed E-state index contributed by atoms with van der Waals surface area (Å²) >= 11 is 0. The lowest BCUT2D eigenvalue weighted by atomic mass is 9.88. The van der Waals surface area contributed by atoms with E-state index in [4.69, 9.17) is 4.74 Å². The molecule has 0 unspecified atom stereocenters. The lowest BCUT2D eigenvalue weighted by Crippen LogP contribution is -2.12. The van der Waals surface area contributed by atoms with Crippen LogP contribution in [0.25, 0.3) is 0 Å². The third-order valence-corrected chi connectivity index (χ3v) is 1.95. The molecule has 0 aromatic heterocycles. The SMILES string of the molecule is B[C@@H]1O[C@H](C)C[C@@H]1C. The molecule has 2 heteroatoms. The van der Waals surface area contributed by atoms with E-state index in [2.05, 4.69) is 21.7 Å². The van der Waals surface area contributed by atoms with Crippen LogP contribution in [0.2, 0.25) is 0 Å². The van der Waals surface area contributed by atoms with E-state index < -0.39 is 0 Å². The van der Waals surface area contributed by atoms with Crippen LogP contribution < -0.4 is 0 Å². The highest BCUT2D eigenvalue weighted by atomic mass is 16.5. The fraction of sp³-hybridized carbons (Fsp3) is 1.00. The minimum atomic E-state index is 0.491. The van der Waals surface area contributed by atoms with E-state index in [1.54, 1.807) is 0 Å². The highest BCUT2D eigenvalue weighted by molar-refractivity contribution is 6.11. The molecule has 46 valence electrons. The Morgan fingerprint density at radius 1 is 1.50 bits per heavy atom. The fourth-order valence-corrected chi connectivity index (χ4v) is 1.27. The number of hydrogen-bond donors (Lipinski definition) is 0. The second-order valence-electron chi connectivity index (χ2n) is 2.86. The smallest absolute Gasteiger partial charge is 0.139 e. The molecule has 8 heavy (non-hydrogen) atoms. The molecule has 0 amide bonds. The number of ether oxygens (including phenoxy) is 1. The third kappa shape index (κ3) is 1.05. The van der Waals surface area contributed by atoms with Gasteiger partial charge in [0.05, 0.1) is 6.10 Å². The summed E-state index contributed by atoms with van der Waals surface area (Å²) in [5.41, 5.74) is 0. The number of rotatable bonds is 0. The molecule has 0 aromatic rings. The maximum absolute atomic E-state index is 5.47. The molecule has 0 aromatic carbocycles. The van der Waals surface area contributed by atoms with Gasteiger partial charge in [-0.25, -0.2) is 0 Å². The van der Waals surface area contributed by atoms with Gasteiger partial charge in [-0.05, 0) is 19.3 Å². The van der Waals surface area contributed by atoms with Gasteiger partial charge in [0.15, 0.2) is 0 Å². The van der Waals surface area contributed by atoms with E-state index in [1.165, 1.54) is 6.42 Å². The van der Waals surface area contributed by atoms with Gasteiger partial charge in [-0.15, -0.1) is 0 Å². The van der Waals surface area contributed by atoms with Crippen molar-refractivity contribution in [1.82, 2.24) is 0 Å². The highest BCUT2D eigenvalue weighted by Gasteiger charge is 2.24. The molecule has 0 saturated carbocycles. The minimum Gasteiger partial charge on any atom is -0.384 e. The normalized spacial score (nSPS) is 47.5. The van der Waals surface area contributed by atoms with Gasteiger partial charge < -0.3 is 4.74 Å². The summed E-state index contributed by atoms with van der Waals surface area (Å²) in [5.74, 6) is 0.769. The Balaban J connectivity index is 2.39. The van der Waals surface area contributed by atoms with Gasteiger partial charge in [0.1, 0.15) is 7.85 Å². The summed E-state index contributed by atoms with van der Waals surface area (Å²) in [6, 6.07) is 0.491. The second kappa shape index (κ2) is 2.10. The van der Waals surface area contributed by atoms with Gasteiger partial charge in [0.25, 0.3) is 0 Å². The van der Waals surface area contributed by atoms with Crippen LogP contribution in [0.5, 0.6) is 0 Å². The van der Waals surface area contributed by atoms with Crippen molar-refractivity contribution in [2.24, 2.45) is 5.92 Å².